The Hall–Kier alpha value is -2.68. The van der Waals surface area contributed by atoms with E-state index in [-0.39, 0.29) is 23.3 Å². The minimum atomic E-state index is -0.736. The average Bonchev–Trinajstić information content (AvgIpc) is 3.06. The number of likely N-dealkylation sites (N-methyl/N-ethyl adjacent to an activating group) is 1. The first kappa shape index (κ1) is 19.6. The van der Waals surface area contributed by atoms with E-state index in [0.717, 1.165) is 42.9 Å². The van der Waals surface area contributed by atoms with Crippen molar-refractivity contribution in [3.05, 3.63) is 18.0 Å². The highest BCUT2D eigenvalue weighted by atomic mass is 16.2. The molecule has 2 aromatic rings. The Kier molecular flexibility index (Phi) is 4.53. The van der Waals surface area contributed by atoms with E-state index < -0.39 is 5.54 Å². The summed E-state index contributed by atoms with van der Waals surface area (Å²) in [4.78, 5) is 36.5. The van der Waals surface area contributed by atoms with Gasteiger partial charge in [-0.2, -0.15) is 4.98 Å². The van der Waals surface area contributed by atoms with Gasteiger partial charge in [0.15, 0.2) is 0 Å². The molecule has 2 aliphatic heterocycles. The number of imide groups is 1. The Balaban J connectivity index is 1.55. The van der Waals surface area contributed by atoms with Crippen LogP contribution >= 0.6 is 0 Å². The molecular weight excluding hydrogens is 370 g/mol. The first-order valence-corrected chi connectivity index (χ1v) is 10.0. The van der Waals surface area contributed by atoms with Gasteiger partial charge in [-0.1, -0.05) is 20.8 Å². The van der Waals surface area contributed by atoms with Crippen LogP contribution in [0.3, 0.4) is 0 Å². The fraction of sp³-hybridized carbons (Fsp3) is 0.600. The third-order valence-electron chi connectivity index (χ3n) is 5.83. The number of anilines is 1. The summed E-state index contributed by atoms with van der Waals surface area (Å²) in [5, 5.41) is 3.88. The number of piperidine rings is 1. The first-order chi connectivity index (χ1) is 13.6. The molecule has 3 amide bonds. The third kappa shape index (κ3) is 3.55. The second kappa shape index (κ2) is 6.69. The van der Waals surface area contributed by atoms with E-state index in [4.69, 9.17) is 5.73 Å². The molecule has 9 heteroatoms. The van der Waals surface area contributed by atoms with Crippen molar-refractivity contribution < 1.29 is 9.59 Å². The van der Waals surface area contributed by atoms with Crippen molar-refractivity contribution in [2.45, 2.75) is 52.2 Å². The maximum absolute atomic E-state index is 12.5. The molecule has 4 heterocycles. The lowest BCUT2D eigenvalue weighted by molar-refractivity contribution is -0.132. The molecule has 4 rings (SSSR count). The van der Waals surface area contributed by atoms with Crippen LogP contribution < -0.4 is 11.1 Å². The Labute approximate surface area is 170 Å². The van der Waals surface area contributed by atoms with Crippen LogP contribution in [0.15, 0.2) is 12.3 Å². The number of carbonyl (C=O) groups is 2. The Bertz CT molecular complexity index is 967. The van der Waals surface area contributed by atoms with Crippen LogP contribution in [0.25, 0.3) is 11.0 Å². The maximum Gasteiger partial charge on any atom is 0.324 e. The van der Waals surface area contributed by atoms with Crippen molar-refractivity contribution in [1.29, 1.82) is 0 Å². The summed E-state index contributed by atoms with van der Waals surface area (Å²) in [6.07, 6.45) is 3.01. The molecule has 3 N–H and O–H groups in total. The molecule has 0 radical (unpaired) electrons. The van der Waals surface area contributed by atoms with Crippen LogP contribution in [0.2, 0.25) is 0 Å². The van der Waals surface area contributed by atoms with E-state index in [9.17, 15) is 9.59 Å². The standard InChI is InChI=1S/C20H29N7O2/c1-19(2,3)12-27-14(9-13-10-22-17(21)23-15(13)27)11-26-7-5-20(6-8-26)16(28)25(4)18(29)24-20/h9-10H,5-8,11-12H2,1-4H3,(H,24,29)(H2,21,22,23). The molecular formula is C20H29N7O2. The van der Waals surface area contributed by atoms with Crippen molar-refractivity contribution in [3.8, 4) is 0 Å². The number of rotatable bonds is 3. The summed E-state index contributed by atoms with van der Waals surface area (Å²) in [5.74, 6) is 0.159. The van der Waals surface area contributed by atoms with E-state index in [1.807, 2.05) is 0 Å². The van der Waals surface area contributed by atoms with E-state index >= 15 is 0 Å². The zero-order valence-electron chi connectivity index (χ0n) is 17.5. The van der Waals surface area contributed by atoms with Crippen LogP contribution in [0.5, 0.6) is 0 Å². The van der Waals surface area contributed by atoms with Crippen molar-refractivity contribution in [2.24, 2.45) is 5.41 Å². The number of nitrogens with one attached hydrogen (secondary N) is 1. The molecule has 0 saturated carbocycles. The first-order valence-electron chi connectivity index (χ1n) is 10.0. The number of hydrogen-bond acceptors (Lipinski definition) is 6. The smallest absolute Gasteiger partial charge is 0.324 e. The molecule has 2 fully saturated rings. The number of nitrogens with zero attached hydrogens (tertiary/aromatic N) is 5. The van der Waals surface area contributed by atoms with Gasteiger partial charge in [0.1, 0.15) is 11.2 Å². The molecule has 0 atom stereocenters. The van der Waals surface area contributed by atoms with Crippen molar-refractivity contribution in [1.82, 2.24) is 29.7 Å². The zero-order chi connectivity index (χ0) is 21.0. The summed E-state index contributed by atoms with van der Waals surface area (Å²) in [5.41, 5.74) is 7.19. The molecule has 156 valence electrons. The van der Waals surface area contributed by atoms with Gasteiger partial charge in [-0.3, -0.25) is 14.6 Å². The van der Waals surface area contributed by atoms with E-state index in [0.29, 0.717) is 12.8 Å². The molecule has 9 nitrogen and oxygen atoms in total. The topological polar surface area (TPSA) is 109 Å². The number of hydrogen-bond donors (Lipinski definition) is 2. The van der Waals surface area contributed by atoms with E-state index in [1.54, 1.807) is 6.20 Å². The highest BCUT2D eigenvalue weighted by molar-refractivity contribution is 6.06. The number of nitrogens with two attached hydrogens (primary N) is 1. The third-order valence-corrected chi connectivity index (χ3v) is 5.83. The van der Waals surface area contributed by atoms with Crippen molar-refractivity contribution in [2.75, 3.05) is 25.9 Å². The molecule has 0 aliphatic carbocycles. The number of nitrogen functional groups attached to an aromatic ring is 1. The zero-order valence-corrected chi connectivity index (χ0v) is 17.5. The second-order valence-corrected chi connectivity index (χ2v) is 9.44. The Morgan fingerprint density at radius 2 is 1.93 bits per heavy atom. The second-order valence-electron chi connectivity index (χ2n) is 9.44. The average molecular weight is 399 g/mol. The number of fused-ring (bicyclic) bond motifs is 1. The minimum absolute atomic E-state index is 0.0809. The Morgan fingerprint density at radius 3 is 2.52 bits per heavy atom. The number of carbonyl (C=O) groups excluding carboxylic acids is 2. The SMILES string of the molecule is CN1C(=O)NC2(CCN(Cc3cc4cnc(N)nc4n3CC(C)(C)C)CC2)C1=O. The monoisotopic (exact) mass is 399 g/mol. The predicted octanol–water partition coefficient (Wildman–Crippen LogP) is 1.58. The normalized spacial score (nSPS) is 20.1. The van der Waals surface area contributed by atoms with Crippen LogP contribution in [-0.4, -0.2) is 61.9 Å². The molecule has 0 bridgehead atoms. The summed E-state index contributed by atoms with van der Waals surface area (Å²) in [6, 6.07) is 1.83. The minimum Gasteiger partial charge on any atom is -0.368 e. The highest BCUT2D eigenvalue weighted by Gasteiger charge is 2.50. The molecule has 2 aromatic heterocycles. The quantitative estimate of drug-likeness (QED) is 0.759. The number of urea groups is 1. The van der Waals surface area contributed by atoms with Gasteiger partial charge in [-0.05, 0) is 24.3 Å². The van der Waals surface area contributed by atoms with Gasteiger partial charge in [0.05, 0.1) is 0 Å². The number of aromatic nitrogens is 3. The lowest BCUT2D eigenvalue weighted by Crippen LogP contribution is -2.54. The van der Waals surface area contributed by atoms with Crippen LogP contribution in [0.1, 0.15) is 39.3 Å². The number of likely N-dealkylation sites (tertiary alicyclic amines) is 1. The lowest BCUT2D eigenvalue weighted by Gasteiger charge is -2.37. The molecule has 2 saturated heterocycles. The highest BCUT2D eigenvalue weighted by Crippen LogP contribution is 2.31. The van der Waals surface area contributed by atoms with E-state index in [2.05, 4.69) is 51.6 Å². The predicted molar refractivity (Wildman–Crippen MR) is 110 cm³/mol. The summed E-state index contributed by atoms with van der Waals surface area (Å²) in [7, 11) is 1.54. The van der Waals surface area contributed by atoms with Crippen LogP contribution in [0.4, 0.5) is 10.7 Å². The molecule has 29 heavy (non-hydrogen) atoms. The van der Waals surface area contributed by atoms with Gasteiger partial charge in [0.25, 0.3) is 5.91 Å². The van der Waals surface area contributed by atoms with Gasteiger partial charge in [-0.25, -0.2) is 9.78 Å². The fourth-order valence-corrected chi connectivity index (χ4v) is 4.30. The van der Waals surface area contributed by atoms with E-state index in [1.165, 1.54) is 11.9 Å². The van der Waals surface area contributed by atoms with Gasteiger partial charge >= 0.3 is 6.03 Å². The van der Waals surface area contributed by atoms with Gasteiger partial charge in [0.2, 0.25) is 5.95 Å². The summed E-state index contributed by atoms with van der Waals surface area (Å²) >= 11 is 0. The fourth-order valence-electron chi connectivity index (χ4n) is 4.30. The largest absolute Gasteiger partial charge is 0.368 e. The number of amides is 3. The Morgan fingerprint density at radius 1 is 1.24 bits per heavy atom. The summed E-state index contributed by atoms with van der Waals surface area (Å²) < 4.78 is 2.23. The summed E-state index contributed by atoms with van der Waals surface area (Å²) in [6.45, 7) is 9.64. The van der Waals surface area contributed by atoms with Crippen molar-refractivity contribution in [3.63, 3.8) is 0 Å². The van der Waals surface area contributed by atoms with Crippen LogP contribution in [-0.2, 0) is 17.9 Å². The molecule has 0 aromatic carbocycles. The molecule has 2 aliphatic rings. The maximum atomic E-state index is 12.5. The molecule has 0 unspecified atom stereocenters. The lowest BCUT2D eigenvalue weighted by atomic mass is 9.87. The molecule has 1 spiro atoms. The van der Waals surface area contributed by atoms with Gasteiger partial charge < -0.3 is 15.6 Å². The van der Waals surface area contributed by atoms with Crippen LogP contribution in [0, 0.1) is 5.41 Å². The van der Waals surface area contributed by atoms with Crippen molar-refractivity contribution >= 4 is 28.9 Å². The van der Waals surface area contributed by atoms with Gasteiger partial charge in [0, 0.05) is 50.5 Å². The van der Waals surface area contributed by atoms with Gasteiger partial charge in [-0.15, -0.1) is 0 Å².